The maximum absolute atomic E-state index is 12.5. The third-order valence-electron chi connectivity index (χ3n) is 3.95. The molecule has 0 saturated carbocycles. The second kappa shape index (κ2) is 5.61. The van der Waals surface area contributed by atoms with E-state index in [1.165, 1.54) is 4.88 Å². The minimum Gasteiger partial charge on any atom is -0.381 e. The van der Waals surface area contributed by atoms with Gasteiger partial charge >= 0.3 is 0 Å². The molecule has 1 aromatic heterocycles. The standard InChI is InChI=1S/C14H20N2O2S/c1-2-11-14(17)16(8-10-5-6-18-9-10)13(15-11)12-4-3-7-19-12/h3-4,7,10-11,13,15H,2,5-6,8-9H2,1H3. The van der Waals surface area contributed by atoms with Crippen LogP contribution in [0.25, 0.3) is 0 Å². The fourth-order valence-corrected chi connectivity index (χ4v) is 3.65. The monoisotopic (exact) mass is 280 g/mol. The van der Waals surface area contributed by atoms with E-state index in [4.69, 9.17) is 4.74 Å². The van der Waals surface area contributed by atoms with Crippen molar-refractivity contribution in [2.24, 2.45) is 5.92 Å². The Morgan fingerprint density at radius 2 is 2.47 bits per heavy atom. The summed E-state index contributed by atoms with van der Waals surface area (Å²) < 4.78 is 5.43. The summed E-state index contributed by atoms with van der Waals surface area (Å²) in [6, 6.07) is 4.11. The number of carbonyl (C=O) groups is 1. The molecule has 1 N–H and O–H groups in total. The third-order valence-corrected chi connectivity index (χ3v) is 4.88. The van der Waals surface area contributed by atoms with Crippen LogP contribution in [0.3, 0.4) is 0 Å². The Kier molecular flexibility index (Phi) is 3.86. The number of carbonyl (C=O) groups excluding carboxylic acids is 1. The molecule has 3 atom stereocenters. The van der Waals surface area contributed by atoms with Crippen molar-refractivity contribution in [3.63, 3.8) is 0 Å². The Bertz CT molecular complexity index is 429. The van der Waals surface area contributed by atoms with Gasteiger partial charge in [0.2, 0.25) is 5.91 Å². The maximum Gasteiger partial charge on any atom is 0.241 e. The lowest BCUT2D eigenvalue weighted by Crippen LogP contribution is -2.35. The van der Waals surface area contributed by atoms with E-state index < -0.39 is 0 Å². The van der Waals surface area contributed by atoms with Crippen molar-refractivity contribution >= 4 is 17.2 Å². The molecule has 0 bridgehead atoms. The lowest BCUT2D eigenvalue weighted by molar-refractivity contribution is -0.130. The molecule has 3 unspecified atom stereocenters. The van der Waals surface area contributed by atoms with E-state index in [0.29, 0.717) is 5.92 Å². The molecule has 1 aromatic rings. The molecule has 2 fully saturated rings. The molecule has 19 heavy (non-hydrogen) atoms. The first kappa shape index (κ1) is 13.1. The van der Waals surface area contributed by atoms with E-state index >= 15 is 0 Å². The van der Waals surface area contributed by atoms with Gasteiger partial charge in [-0.2, -0.15) is 0 Å². The average molecular weight is 280 g/mol. The van der Waals surface area contributed by atoms with Crippen molar-refractivity contribution in [1.29, 1.82) is 0 Å². The largest absolute Gasteiger partial charge is 0.381 e. The van der Waals surface area contributed by atoms with Gasteiger partial charge in [-0.25, -0.2) is 0 Å². The molecular formula is C14H20N2O2S. The fourth-order valence-electron chi connectivity index (χ4n) is 2.86. The molecule has 0 aromatic carbocycles. The molecule has 3 heterocycles. The zero-order valence-electron chi connectivity index (χ0n) is 11.2. The highest BCUT2D eigenvalue weighted by atomic mass is 32.1. The van der Waals surface area contributed by atoms with Crippen LogP contribution in [0.2, 0.25) is 0 Å². The van der Waals surface area contributed by atoms with Crippen LogP contribution in [-0.4, -0.2) is 36.6 Å². The molecule has 4 nitrogen and oxygen atoms in total. The van der Waals surface area contributed by atoms with Crippen LogP contribution in [0.5, 0.6) is 0 Å². The van der Waals surface area contributed by atoms with Crippen molar-refractivity contribution in [2.75, 3.05) is 19.8 Å². The Morgan fingerprint density at radius 1 is 1.58 bits per heavy atom. The van der Waals surface area contributed by atoms with Crippen molar-refractivity contribution in [1.82, 2.24) is 10.2 Å². The molecule has 5 heteroatoms. The predicted molar refractivity (Wildman–Crippen MR) is 74.9 cm³/mol. The Morgan fingerprint density at radius 3 is 3.11 bits per heavy atom. The average Bonchev–Trinajstić information content (AvgIpc) is 3.13. The highest BCUT2D eigenvalue weighted by Crippen LogP contribution is 2.31. The van der Waals surface area contributed by atoms with Crippen molar-refractivity contribution in [2.45, 2.75) is 32.0 Å². The summed E-state index contributed by atoms with van der Waals surface area (Å²) in [5.74, 6) is 0.733. The van der Waals surface area contributed by atoms with Gasteiger partial charge in [0.1, 0.15) is 6.17 Å². The van der Waals surface area contributed by atoms with Crippen molar-refractivity contribution in [3.05, 3.63) is 22.4 Å². The predicted octanol–water partition coefficient (Wildman–Crippen LogP) is 1.99. The Balaban J connectivity index is 1.77. The minimum atomic E-state index is -0.0329. The first-order valence-corrected chi connectivity index (χ1v) is 7.85. The second-order valence-corrected chi connectivity index (χ2v) is 6.24. The van der Waals surface area contributed by atoms with Gasteiger partial charge in [0, 0.05) is 23.9 Å². The topological polar surface area (TPSA) is 41.6 Å². The molecule has 0 aliphatic carbocycles. The zero-order chi connectivity index (χ0) is 13.2. The lowest BCUT2D eigenvalue weighted by Gasteiger charge is -2.25. The number of ether oxygens (including phenoxy) is 1. The highest BCUT2D eigenvalue weighted by Gasteiger charge is 2.40. The molecule has 104 valence electrons. The summed E-state index contributed by atoms with van der Waals surface area (Å²) in [5, 5.41) is 5.53. The van der Waals surface area contributed by atoms with Crippen LogP contribution in [0.1, 0.15) is 30.8 Å². The molecule has 2 aliphatic rings. The third kappa shape index (κ3) is 2.55. The van der Waals surface area contributed by atoms with Gasteiger partial charge in [0.05, 0.1) is 12.6 Å². The molecule has 1 amide bonds. The summed E-state index contributed by atoms with van der Waals surface area (Å²) in [5.41, 5.74) is 0. The number of rotatable bonds is 4. The number of hydrogen-bond acceptors (Lipinski definition) is 4. The fraction of sp³-hybridized carbons (Fsp3) is 0.643. The summed E-state index contributed by atoms with van der Waals surface area (Å²) in [6.45, 7) is 4.49. The highest BCUT2D eigenvalue weighted by molar-refractivity contribution is 7.10. The van der Waals surface area contributed by atoms with Crippen LogP contribution in [0.15, 0.2) is 17.5 Å². The van der Waals surface area contributed by atoms with Gasteiger partial charge < -0.3 is 9.64 Å². The van der Waals surface area contributed by atoms with Crippen molar-refractivity contribution in [3.8, 4) is 0 Å². The first-order valence-electron chi connectivity index (χ1n) is 6.97. The van der Waals surface area contributed by atoms with E-state index in [2.05, 4.69) is 23.7 Å². The number of nitrogens with one attached hydrogen (secondary N) is 1. The van der Waals surface area contributed by atoms with Crippen LogP contribution < -0.4 is 5.32 Å². The van der Waals surface area contributed by atoms with Crippen molar-refractivity contribution < 1.29 is 9.53 Å². The second-order valence-electron chi connectivity index (χ2n) is 5.27. The Hall–Kier alpha value is -0.910. The van der Waals surface area contributed by atoms with E-state index in [1.54, 1.807) is 11.3 Å². The van der Waals surface area contributed by atoms with Crippen LogP contribution in [-0.2, 0) is 9.53 Å². The Labute approximate surface area is 117 Å². The SMILES string of the molecule is CCC1NC(c2cccs2)N(CC2CCOC2)C1=O. The van der Waals surface area contributed by atoms with E-state index in [1.807, 2.05) is 11.0 Å². The summed E-state index contributed by atoms with van der Waals surface area (Å²) in [6.07, 6.45) is 1.97. The number of thiophene rings is 1. The van der Waals surface area contributed by atoms with Crippen LogP contribution >= 0.6 is 11.3 Å². The summed E-state index contributed by atoms with van der Waals surface area (Å²) in [7, 11) is 0. The molecule has 2 saturated heterocycles. The van der Waals surface area contributed by atoms with Crippen LogP contribution in [0, 0.1) is 5.92 Å². The van der Waals surface area contributed by atoms with Gasteiger partial charge in [-0.3, -0.25) is 10.1 Å². The minimum absolute atomic E-state index is 0.0329. The maximum atomic E-state index is 12.5. The smallest absolute Gasteiger partial charge is 0.241 e. The lowest BCUT2D eigenvalue weighted by atomic mass is 10.1. The quantitative estimate of drug-likeness (QED) is 0.917. The zero-order valence-corrected chi connectivity index (χ0v) is 12.0. The molecule has 0 spiro atoms. The van der Waals surface area contributed by atoms with E-state index in [-0.39, 0.29) is 18.1 Å². The van der Waals surface area contributed by atoms with Gasteiger partial charge in [0.25, 0.3) is 0 Å². The number of amides is 1. The number of hydrogen-bond donors (Lipinski definition) is 1. The van der Waals surface area contributed by atoms with Gasteiger partial charge in [-0.15, -0.1) is 11.3 Å². The molecule has 3 rings (SSSR count). The summed E-state index contributed by atoms with van der Waals surface area (Å²) in [4.78, 5) is 15.7. The molecule has 0 radical (unpaired) electrons. The van der Waals surface area contributed by atoms with Crippen LogP contribution in [0.4, 0.5) is 0 Å². The molecular weight excluding hydrogens is 260 g/mol. The normalized spacial score (nSPS) is 31.3. The van der Waals surface area contributed by atoms with Gasteiger partial charge in [-0.1, -0.05) is 13.0 Å². The van der Waals surface area contributed by atoms with E-state index in [0.717, 1.165) is 32.6 Å². The summed E-state index contributed by atoms with van der Waals surface area (Å²) >= 11 is 1.71. The van der Waals surface area contributed by atoms with E-state index in [9.17, 15) is 4.79 Å². The number of nitrogens with zero attached hydrogens (tertiary/aromatic N) is 1. The van der Waals surface area contributed by atoms with Gasteiger partial charge in [0.15, 0.2) is 0 Å². The first-order chi connectivity index (χ1) is 9.29. The van der Waals surface area contributed by atoms with Gasteiger partial charge in [-0.05, 0) is 24.3 Å². The molecule has 2 aliphatic heterocycles.